The van der Waals surface area contributed by atoms with Crippen LogP contribution in [0.1, 0.15) is 66.2 Å². The van der Waals surface area contributed by atoms with E-state index >= 15 is 0 Å². The minimum atomic E-state index is 0.771. The van der Waals surface area contributed by atoms with Crippen LogP contribution in [0.25, 0.3) is 0 Å². The highest BCUT2D eigenvalue weighted by Gasteiger charge is 2.28. The fourth-order valence-corrected chi connectivity index (χ4v) is 3.28. The molecule has 0 aromatic rings. The topological polar surface area (TPSA) is 12.0 Å². The normalized spacial score (nSPS) is 30.0. The number of nitrogens with one attached hydrogen (secondary N) is 1. The van der Waals surface area contributed by atoms with E-state index in [1.165, 1.54) is 38.5 Å². The molecule has 0 heterocycles. The SMILES string of the molecule is CCNC(C(C)CC)C1CCC(CC)CC1. The van der Waals surface area contributed by atoms with Crippen LogP contribution >= 0.6 is 0 Å². The summed E-state index contributed by atoms with van der Waals surface area (Å²) in [6.07, 6.45) is 8.56. The monoisotopic (exact) mass is 225 g/mol. The van der Waals surface area contributed by atoms with Gasteiger partial charge in [-0.05, 0) is 37.1 Å². The van der Waals surface area contributed by atoms with E-state index in [2.05, 4.69) is 33.0 Å². The van der Waals surface area contributed by atoms with Crippen molar-refractivity contribution in [3.8, 4) is 0 Å². The Morgan fingerprint density at radius 3 is 2.12 bits per heavy atom. The maximum absolute atomic E-state index is 3.74. The molecule has 1 heteroatoms. The fraction of sp³-hybridized carbons (Fsp3) is 1.00. The van der Waals surface area contributed by atoms with E-state index in [9.17, 15) is 0 Å². The largest absolute Gasteiger partial charge is 0.314 e. The zero-order chi connectivity index (χ0) is 12.0. The van der Waals surface area contributed by atoms with Crippen molar-refractivity contribution in [2.45, 2.75) is 72.3 Å². The smallest absolute Gasteiger partial charge is 0.0121 e. The van der Waals surface area contributed by atoms with Gasteiger partial charge in [-0.1, -0.05) is 53.4 Å². The molecule has 1 saturated carbocycles. The molecule has 2 atom stereocenters. The van der Waals surface area contributed by atoms with Crippen molar-refractivity contribution in [2.24, 2.45) is 17.8 Å². The third-order valence-electron chi connectivity index (χ3n) is 4.67. The lowest BCUT2D eigenvalue weighted by Crippen LogP contribution is -2.42. The van der Waals surface area contributed by atoms with E-state index in [4.69, 9.17) is 0 Å². The maximum atomic E-state index is 3.74. The van der Waals surface area contributed by atoms with Gasteiger partial charge >= 0.3 is 0 Å². The summed E-state index contributed by atoms with van der Waals surface area (Å²) < 4.78 is 0. The average molecular weight is 225 g/mol. The Balaban J connectivity index is 2.46. The van der Waals surface area contributed by atoms with Gasteiger partial charge < -0.3 is 5.32 Å². The second-order valence-corrected chi connectivity index (χ2v) is 5.66. The number of hydrogen-bond donors (Lipinski definition) is 1. The summed E-state index contributed by atoms with van der Waals surface area (Å²) in [6, 6.07) is 0.771. The molecule has 1 aliphatic carbocycles. The first-order valence-electron chi connectivity index (χ1n) is 7.46. The fourth-order valence-electron chi connectivity index (χ4n) is 3.28. The van der Waals surface area contributed by atoms with Gasteiger partial charge in [0.2, 0.25) is 0 Å². The molecule has 0 saturated heterocycles. The van der Waals surface area contributed by atoms with Gasteiger partial charge in [-0.15, -0.1) is 0 Å². The van der Waals surface area contributed by atoms with E-state index in [-0.39, 0.29) is 0 Å². The molecule has 16 heavy (non-hydrogen) atoms. The molecule has 0 bridgehead atoms. The third-order valence-corrected chi connectivity index (χ3v) is 4.67. The van der Waals surface area contributed by atoms with Gasteiger partial charge in [0, 0.05) is 6.04 Å². The van der Waals surface area contributed by atoms with Gasteiger partial charge in [-0.25, -0.2) is 0 Å². The molecule has 1 N–H and O–H groups in total. The van der Waals surface area contributed by atoms with Gasteiger partial charge in [0.15, 0.2) is 0 Å². The van der Waals surface area contributed by atoms with E-state index in [0.29, 0.717) is 0 Å². The van der Waals surface area contributed by atoms with Gasteiger partial charge in [0.05, 0.1) is 0 Å². The lowest BCUT2D eigenvalue weighted by molar-refractivity contribution is 0.181. The summed E-state index contributed by atoms with van der Waals surface area (Å²) >= 11 is 0. The summed E-state index contributed by atoms with van der Waals surface area (Å²) in [5.41, 5.74) is 0. The van der Waals surface area contributed by atoms with Gasteiger partial charge in [0.1, 0.15) is 0 Å². The standard InChI is InChI=1S/C15H31N/c1-5-12(4)15(16-7-3)14-10-8-13(6-2)9-11-14/h12-16H,5-11H2,1-4H3. The minimum absolute atomic E-state index is 0.771. The molecule has 1 rings (SSSR count). The predicted octanol–water partition coefficient (Wildman–Crippen LogP) is 4.23. The first-order chi connectivity index (χ1) is 7.72. The van der Waals surface area contributed by atoms with Crippen LogP contribution < -0.4 is 5.32 Å². The predicted molar refractivity (Wildman–Crippen MR) is 72.7 cm³/mol. The van der Waals surface area contributed by atoms with Crippen LogP contribution in [-0.2, 0) is 0 Å². The molecule has 1 aliphatic rings. The molecule has 0 spiro atoms. The van der Waals surface area contributed by atoms with Crippen LogP contribution in [0.15, 0.2) is 0 Å². The molecular weight excluding hydrogens is 194 g/mol. The summed E-state index contributed by atoms with van der Waals surface area (Å²) in [6.45, 7) is 10.5. The molecule has 96 valence electrons. The maximum Gasteiger partial charge on any atom is 0.0121 e. The second kappa shape index (κ2) is 7.32. The van der Waals surface area contributed by atoms with Gasteiger partial charge in [-0.3, -0.25) is 0 Å². The molecular formula is C15H31N. The van der Waals surface area contributed by atoms with Crippen LogP contribution in [0.5, 0.6) is 0 Å². The van der Waals surface area contributed by atoms with Gasteiger partial charge in [0.25, 0.3) is 0 Å². The lowest BCUT2D eigenvalue weighted by atomic mass is 9.74. The van der Waals surface area contributed by atoms with Crippen molar-refractivity contribution in [3.63, 3.8) is 0 Å². The molecule has 0 aromatic heterocycles. The number of rotatable bonds is 6. The van der Waals surface area contributed by atoms with Crippen molar-refractivity contribution < 1.29 is 0 Å². The van der Waals surface area contributed by atoms with Crippen molar-refractivity contribution in [3.05, 3.63) is 0 Å². The highest BCUT2D eigenvalue weighted by atomic mass is 14.9. The third kappa shape index (κ3) is 3.76. The summed E-state index contributed by atoms with van der Waals surface area (Å²) in [5, 5.41) is 3.74. The van der Waals surface area contributed by atoms with E-state index in [1.807, 2.05) is 0 Å². The van der Waals surface area contributed by atoms with Crippen LogP contribution in [0.3, 0.4) is 0 Å². The first kappa shape index (κ1) is 14.0. The van der Waals surface area contributed by atoms with Crippen LogP contribution in [-0.4, -0.2) is 12.6 Å². The molecule has 0 aliphatic heterocycles. The first-order valence-corrected chi connectivity index (χ1v) is 7.46. The number of hydrogen-bond acceptors (Lipinski definition) is 1. The summed E-state index contributed by atoms with van der Waals surface area (Å²) in [5.74, 6) is 2.80. The quantitative estimate of drug-likeness (QED) is 0.713. The Hall–Kier alpha value is -0.0400. The zero-order valence-electron chi connectivity index (χ0n) is 11.8. The minimum Gasteiger partial charge on any atom is -0.314 e. The van der Waals surface area contributed by atoms with Crippen LogP contribution in [0, 0.1) is 17.8 Å². The average Bonchev–Trinajstić information content (AvgIpc) is 2.35. The van der Waals surface area contributed by atoms with Crippen molar-refractivity contribution in [1.29, 1.82) is 0 Å². The van der Waals surface area contributed by atoms with Crippen molar-refractivity contribution in [2.75, 3.05) is 6.54 Å². The van der Waals surface area contributed by atoms with E-state index in [0.717, 1.165) is 30.3 Å². The Bertz CT molecular complexity index is 170. The summed E-state index contributed by atoms with van der Waals surface area (Å²) in [4.78, 5) is 0. The molecule has 0 aromatic carbocycles. The van der Waals surface area contributed by atoms with Crippen LogP contribution in [0.4, 0.5) is 0 Å². The van der Waals surface area contributed by atoms with Gasteiger partial charge in [-0.2, -0.15) is 0 Å². The van der Waals surface area contributed by atoms with Crippen molar-refractivity contribution in [1.82, 2.24) is 5.32 Å². The second-order valence-electron chi connectivity index (χ2n) is 5.66. The van der Waals surface area contributed by atoms with E-state index in [1.54, 1.807) is 0 Å². The van der Waals surface area contributed by atoms with E-state index < -0.39 is 0 Å². The molecule has 1 nitrogen and oxygen atoms in total. The molecule has 1 fully saturated rings. The Labute approximate surface area is 102 Å². The molecule has 0 amide bonds. The Morgan fingerprint density at radius 2 is 1.69 bits per heavy atom. The zero-order valence-corrected chi connectivity index (χ0v) is 11.8. The molecule has 0 radical (unpaired) electrons. The Morgan fingerprint density at radius 1 is 1.06 bits per heavy atom. The Kier molecular flexibility index (Phi) is 6.41. The van der Waals surface area contributed by atoms with Crippen LogP contribution in [0.2, 0.25) is 0 Å². The lowest BCUT2D eigenvalue weighted by Gasteiger charge is -2.37. The van der Waals surface area contributed by atoms with Crippen molar-refractivity contribution >= 4 is 0 Å². The highest BCUT2D eigenvalue weighted by molar-refractivity contribution is 4.84. The highest BCUT2D eigenvalue weighted by Crippen LogP contribution is 2.34. The summed E-state index contributed by atoms with van der Waals surface area (Å²) in [7, 11) is 0. The molecule has 2 unspecified atom stereocenters.